The second-order valence-corrected chi connectivity index (χ2v) is 3.81. The first kappa shape index (κ1) is 7.59. The predicted molar refractivity (Wildman–Crippen MR) is 45.4 cm³/mol. The summed E-state index contributed by atoms with van der Waals surface area (Å²) in [6, 6.07) is 1.32. The molecule has 2 atom stereocenters. The molecule has 2 bridgehead atoms. The van der Waals surface area contributed by atoms with Gasteiger partial charge in [0.05, 0.1) is 0 Å². The van der Waals surface area contributed by atoms with Gasteiger partial charge in [-0.15, -0.1) is 0 Å². The average Bonchev–Trinajstić information content (AvgIpc) is 2.43. The Morgan fingerprint density at radius 3 is 2.45 bits per heavy atom. The summed E-state index contributed by atoms with van der Waals surface area (Å²) >= 11 is 0. The minimum absolute atomic E-state index is 0.251. The smallest absolute Gasteiger partial charge is 0.376 e. The molecule has 0 amide bonds. The zero-order valence-electron chi connectivity index (χ0n) is 7.20. The van der Waals surface area contributed by atoms with Crippen molar-refractivity contribution < 1.29 is 5.02 Å². The summed E-state index contributed by atoms with van der Waals surface area (Å²) in [5.74, 6) is 0. The van der Waals surface area contributed by atoms with Crippen LogP contribution in [0.2, 0.25) is 6.82 Å². The van der Waals surface area contributed by atoms with Gasteiger partial charge in [0.2, 0.25) is 0 Å². The van der Waals surface area contributed by atoms with Crippen molar-refractivity contribution in [2.45, 2.75) is 25.3 Å². The van der Waals surface area contributed by atoms with Gasteiger partial charge in [-0.3, -0.25) is 0 Å². The highest BCUT2D eigenvalue weighted by atomic mass is 16.2. The fourth-order valence-electron chi connectivity index (χ4n) is 2.35. The molecule has 2 fully saturated rings. The third-order valence-electron chi connectivity index (χ3n) is 3.04. The lowest BCUT2D eigenvalue weighted by Gasteiger charge is -2.32. The largest absolute Gasteiger partial charge is 0.437 e. The van der Waals surface area contributed by atoms with E-state index in [2.05, 4.69) is 16.8 Å². The molecule has 4 heteroatoms. The van der Waals surface area contributed by atoms with Gasteiger partial charge in [0.1, 0.15) is 0 Å². The zero-order valence-corrected chi connectivity index (χ0v) is 7.20. The van der Waals surface area contributed by atoms with E-state index in [0.717, 1.165) is 13.1 Å². The predicted octanol–water partition coefficient (Wildman–Crippen LogP) is -0.515. The summed E-state index contributed by atoms with van der Waals surface area (Å²) in [5.41, 5.74) is 0. The molecular weight excluding hydrogens is 139 g/mol. The van der Waals surface area contributed by atoms with Crippen LogP contribution in [0.4, 0.5) is 0 Å². The molecule has 1 N–H and O–H groups in total. The fraction of sp³-hybridized carbons (Fsp3) is 1.00. The summed E-state index contributed by atoms with van der Waals surface area (Å²) in [6.45, 7) is 4.05. The van der Waals surface area contributed by atoms with Crippen LogP contribution < -0.4 is 0 Å². The molecule has 2 unspecified atom stereocenters. The SMILES string of the molecule is CB(O)N1CC2CC1CN2C. The molecular formula is C7H15BN2O. The van der Waals surface area contributed by atoms with E-state index >= 15 is 0 Å². The van der Waals surface area contributed by atoms with Crippen molar-refractivity contribution >= 4 is 7.05 Å². The molecule has 2 heterocycles. The molecule has 0 radical (unpaired) electrons. The number of rotatable bonds is 1. The lowest BCUT2D eigenvalue weighted by Crippen LogP contribution is -2.50. The Balaban J connectivity index is 2.02. The van der Waals surface area contributed by atoms with E-state index in [-0.39, 0.29) is 7.05 Å². The lowest BCUT2D eigenvalue weighted by atomic mass is 9.84. The van der Waals surface area contributed by atoms with Crippen molar-refractivity contribution in [3.63, 3.8) is 0 Å². The van der Waals surface area contributed by atoms with Gasteiger partial charge in [-0.05, 0) is 20.3 Å². The second kappa shape index (κ2) is 2.47. The molecule has 2 aliphatic heterocycles. The van der Waals surface area contributed by atoms with Crippen LogP contribution in [0.25, 0.3) is 0 Å². The maximum absolute atomic E-state index is 9.37. The molecule has 2 saturated heterocycles. The molecule has 0 spiro atoms. The van der Waals surface area contributed by atoms with Gasteiger partial charge < -0.3 is 14.7 Å². The lowest BCUT2D eigenvalue weighted by molar-refractivity contribution is 0.201. The van der Waals surface area contributed by atoms with E-state index in [0.29, 0.717) is 12.1 Å². The minimum Gasteiger partial charge on any atom is -0.437 e. The Labute approximate surface area is 68.1 Å². The first-order valence-corrected chi connectivity index (χ1v) is 4.32. The van der Waals surface area contributed by atoms with Gasteiger partial charge in [0, 0.05) is 25.2 Å². The van der Waals surface area contributed by atoms with Crippen molar-refractivity contribution in [1.82, 2.24) is 9.71 Å². The number of fused-ring (bicyclic) bond motifs is 2. The van der Waals surface area contributed by atoms with Gasteiger partial charge in [0.25, 0.3) is 0 Å². The highest BCUT2D eigenvalue weighted by Crippen LogP contribution is 2.29. The van der Waals surface area contributed by atoms with E-state index in [1.54, 1.807) is 0 Å². The van der Waals surface area contributed by atoms with Crippen LogP contribution in [0.5, 0.6) is 0 Å². The number of hydrogen-bond donors (Lipinski definition) is 1. The zero-order chi connectivity index (χ0) is 8.01. The van der Waals surface area contributed by atoms with Crippen molar-refractivity contribution in [3.8, 4) is 0 Å². The summed E-state index contributed by atoms with van der Waals surface area (Å²) in [5, 5.41) is 9.37. The number of hydrogen-bond acceptors (Lipinski definition) is 3. The molecule has 62 valence electrons. The highest BCUT2D eigenvalue weighted by Gasteiger charge is 2.43. The van der Waals surface area contributed by atoms with E-state index in [1.165, 1.54) is 6.42 Å². The van der Waals surface area contributed by atoms with Crippen LogP contribution in [0.1, 0.15) is 6.42 Å². The number of likely N-dealkylation sites (tertiary alicyclic amines) is 1. The maximum Gasteiger partial charge on any atom is 0.376 e. The van der Waals surface area contributed by atoms with E-state index < -0.39 is 0 Å². The quantitative estimate of drug-likeness (QED) is 0.515. The van der Waals surface area contributed by atoms with Crippen LogP contribution in [-0.4, -0.2) is 54.0 Å². The Morgan fingerprint density at radius 1 is 1.36 bits per heavy atom. The van der Waals surface area contributed by atoms with Gasteiger partial charge >= 0.3 is 7.05 Å². The Morgan fingerprint density at radius 2 is 2.09 bits per heavy atom. The van der Waals surface area contributed by atoms with Crippen molar-refractivity contribution in [2.24, 2.45) is 0 Å². The molecule has 2 aliphatic rings. The molecule has 0 aromatic carbocycles. The number of nitrogens with zero attached hydrogens (tertiary/aromatic N) is 2. The van der Waals surface area contributed by atoms with Gasteiger partial charge in [0.15, 0.2) is 0 Å². The summed E-state index contributed by atoms with van der Waals surface area (Å²) in [4.78, 5) is 4.59. The van der Waals surface area contributed by atoms with Crippen LogP contribution >= 0.6 is 0 Å². The number of likely N-dealkylation sites (N-methyl/N-ethyl adjacent to an activating group) is 1. The Hall–Kier alpha value is -0.0551. The van der Waals surface area contributed by atoms with Gasteiger partial charge in [-0.1, -0.05) is 0 Å². The van der Waals surface area contributed by atoms with E-state index in [1.807, 2.05) is 6.82 Å². The Kier molecular flexibility index (Phi) is 1.70. The van der Waals surface area contributed by atoms with E-state index in [9.17, 15) is 5.02 Å². The topological polar surface area (TPSA) is 26.7 Å². The first-order valence-electron chi connectivity index (χ1n) is 4.32. The van der Waals surface area contributed by atoms with Crippen molar-refractivity contribution in [2.75, 3.05) is 20.1 Å². The third kappa shape index (κ3) is 1.09. The standard InChI is InChI=1S/C7H15BN2O/c1-8(11)10-5-6-3-7(10)4-9(6)2/h6-7,11H,3-5H2,1-2H3. The maximum atomic E-state index is 9.37. The number of piperazine rings is 1. The molecule has 0 saturated carbocycles. The summed E-state index contributed by atoms with van der Waals surface area (Å²) < 4.78 is 0. The van der Waals surface area contributed by atoms with Crippen LogP contribution in [0, 0.1) is 0 Å². The highest BCUT2D eigenvalue weighted by molar-refractivity contribution is 6.45. The van der Waals surface area contributed by atoms with Crippen LogP contribution in [0.3, 0.4) is 0 Å². The molecule has 0 aromatic rings. The second-order valence-electron chi connectivity index (χ2n) is 3.81. The summed E-state index contributed by atoms with van der Waals surface area (Å²) in [7, 11) is 1.92. The van der Waals surface area contributed by atoms with Gasteiger partial charge in [-0.25, -0.2) is 0 Å². The first-order chi connectivity index (χ1) is 5.18. The minimum atomic E-state index is -0.251. The monoisotopic (exact) mass is 154 g/mol. The molecule has 11 heavy (non-hydrogen) atoms. The molecule has 2 rings (SSSR count). The summed E-state index contributed by atoms with van der Waals surface area (Å²) in [6.07, 6.45) is 1.25. The molecule has 0 aliphatic carbocycles. The average molecular weight is 154 g/mol. The molecule has 0 aromatic heterocycles. The fourth-order valence-corrected chi connectivity index (χ4v) is 2.35. The van der Waals surface area contributed by atoms with Gasteiger partial charge in [-0.2, -0.15) is 0 Å². The molecule has 3 nitrogen and oxygen atoms in total. The third-order valence-corrected chi connectivity index (χ3v) is 3.04. The normalized spacial score (nSPS) is 38.5. The van der Waals surface area contributed by atoms with Crippen LogP contribution in [0.15, 0.2) is 0 Å². The Bertz CT molecular complexity index is 163. The van der Waals surface area contributed by atoms with Crippen molar-refractivity contribution in [3.05, 3.63) is 0 Å². The van der Waals surface area contributed by atoms with Crippen LogP contribution in [-0.2, 0) is 0 Å². The van der Waals surface area contributed by atoms with Crippen molar-refractivity contribution in [1.29, 1.82) is 0 Å². The van der Waals surface area contributed by atoms with E-state index in [4.69, 9.17) is 0 Å².